The number of fused-ring (bicyclic) bond motifs is 1. The molecule has 1 fully saturated rings. The van der Waals surface area contributed by atoms with Crippen molar-refractivity contribution >= 4 is 28.2 Å². The van der Waals surface area contributed by atoms with E-state index in [0.29, 0.717) is 23.9 Å². The van der Waals surface area contributed by atoms with Gasteiger partial charge in [0.2, 0.25) is 0 Å². The van der Waals surface area contributed by atoms with E-state index in [2.05, 4.69) is 23.0 Å². The van der Waals surface area contributed by atoms with E-state index in [1.165, 1.54) is 12.8 Å². The summed E-state index contributed by atoms with van der Waals surface area (Å²) in [7, 11) is 0.785. The van der Waals surface area contributed by atoms with Crippen LogP contribution in [0.3, 0.4) is 0 Å². The molecule has 0 bridgehead atoms. The van der Waals surface area contributed by atoms with Crippen LogP contribution in [0.5, 0.6) is 5.75 Å². The molecular weight excluding hydrogens is 384 g/mol. The van der Waals surface area contributed by atoms with Gasteiger partial charge in [-0.15, -0.1) is 0 Å². The molecular formula is C22H24N4O2S. The van der Waals surface area contributed by atoms with Gasteiger partial charge in [0.05, 0.1) is 18.3 Å². The number of nitrogens with zero attached hydrogens (tertiary/aromatic N) is 2. The molecule has 7 heteroatoms. The predicted molar refractivity (Wildman–Crippen MR) is 116 cm³/mol. The predicted octanol–water partition coefficient (Wildman–Crippen LogP) is 3.37. The second-order valence-electron chi connectivity index (χ2n) is 7.38. The standard InChI is InChI=1S/C22H24N4O2S/c1-13(10-23)22-25-11-18-19(24-2)9-17(21(18)26-22)16-8-15(29(3)27)6-7-20(16)28-12-14-4-5-14/h6-11,14,19,23-24H,1,4-5,12H2,2-3H3. The van der Waals surface area contributed by atoms with Gasteiger partial charge >= 0.3 is 0 Å². The summed E-state index contributed by atoms with van der Waals surface area (Å²) in [6, 6.07) is 5.66. The SMILES string of the molecule is C=C(C=N)c1ncc2c(n1)C(c1cc(S(C)=O)ccc1OCC1CC1)=CC2NC. The number of likely N-dealkylation sites (N-methyl/N-ethyl adjacent to an activating group) is 1. The first-order valence-corrected chi connectivity index (χ1v) is 11.1. The highest BCUT2D eigenvalue weighted by Crippen LogP contribution is 2.41. The van der Waals surface area contributed by atoms with Crippen LogP contribution in [-0.2, 0) is 10.8 Å². The van der Waals surface area contributed by atoms with E-state index >= 15 is 0 Å². The Balaban J connectivity index is 1.82. The second kappa shape index (κ2) is 8.00. The van der Waals surface area contributed by atoms with E-state index in [0.717, 1.165) is 39.3 Å². The molecule has 0 radical (unpaired) electrons. The Labute approximate surface area is 173 Å². The normalized spacial score (nSPS) is 18.7. The molecule has 2 N–H and O–H groups in total. The molecule has 4 rings (SSSR count). The molecule has 29 heavy (non-hydrogen) atoms. The fourth-order valence-electron chi connectivity index (χ4n) is 3.36. The van der Waals surface area contributed by atoms with Crippen LogP contribution in [0.25, 0.3) is 11.1 Å². The van der Waals surface area contributed by atoms with E-state index in [4.69, 9.17) is 15.1 Å². The van der Waals surface area contributed by atoms with Crippen molar-refractivity contribution in [2.75, 3.05) is 19.9 Å². The maximum Gasteiger partial charge on any atom is 0.160 e. The molecule has 0 spiro atoms. The molecule has 2 aliphatic rings. The molecule has 1 saturated carbocycles. The third-order valence-corrected chi connectivity index (χ3v) is 6.18. The lowest BCUT2D eigenvalue weighted by Gasteiger charge is -2.14. The minimum absolute atomic E-state index is 0.0330. The fourth-order valence-corrected chi connectivity index (χ4v) is 3.91. The lowest BCUT2D eigenvalue weighted by molar-refractivity contribution is 0.299. The van der Waals surface area contributed by atoms with Crippen LogP contribution in [-0.4, -0.2) is 40.3 Å². The molecule has 150 valence electrons. The Morgan fingerprint density at radius 3 is 2.90 bits per heavy atom. The number of allylic oxidation sites excluding steroid dienone is 1. The lowest BCUT2D eigenvalue weighted by atomic mass is 10.0. The van der Waals surface area contributed by atoms with E-state index in [-0.39, 0.29) is 6.04 Å². The number of rotatable bonds is 8. The molecule has 6 nitrogen and oxygen atoms in total. The van der Waals surface area contributed by atoms with Gasteiger partial charge in [0.25, 0.3) is 0 Å². The Kier molecular flexibility index (Phi) is 5.43. The van der Waals surface area contributed by atoms with Crippen LogP contribution in [0.1, 0.15) is 41.5 Å². The smallest absolute Gasteiger partial charge is 0.160 e. The number of benzene rings is 1. The average Bonchev–Trinajstić information content (AvgIpc) is 3.50. The highest BCUT2D eigenvalue weighted by atomic mass is 32.2. The minimum atomic E-state index is -1.10. The summed E-state index contributed by atoms with van der Waals surface area (Å²) in [5, 5.41) is 10.7. The van der Waals surface area contributed by atoms with Crippen LogP contribution >= 0.6 is 0 Å². The summed E-state index contributed by atoms with van der Waals surface area (Å²) in [5.74, 6) is 1.82. The molecule has 1 aromatic carbocycles. The zero-order chi connectivity index (χ0) is 20.5. The molecule has 0 aliphatic heterocycles. The largest absolute Gasteiger partial charge is 0.493 e. The van der Waals surface area contributed by atoms with Crippen LogP contribution in [0.4, 0.5) is 0 Å². The van der Waals surface area contributed by atoms with Crippen molar-refractivity contribution in [3.8, 4) is 5.75 Å². The average molecular weight is 409 g/mol. The van der Waals surface area contributed by atoms with Gasteiger partial charge in [-0.3, -0.25) is 4.21 Å². The summed E-state index contributed by atoms with van der Waals surface area (Å²) in [5.41, 5.74) is 3.99. The lowest BCUT2D eigenvalue weighted by Crippen LogP contribution is -2.13. The topological polar surface area (TPSA) is 88.0 Å². The van der Waals surface area contributed by atoms with Crippen molar-refractivity contribution in [2.24, 2.45) is 5.92 Å². The van der Waals surface area contributed by atoms with E-state index < -0.39 is 10.8 Å². The highest BCUT2D eigenvalue weighted by molar-refractivity contribution is 7.84. The van der Waals surface area contributed by atoms with Gasteiger partial charge in [-0.25, -0.2) is 9.97 Å². The van der Waals surface area contributed by atoms with Gasteiger partial charge in [0, 0.05) is 56.6 Å². The number of hydrogen-bond acceptors (Lipinski definition) is 6. The van der Waals surface area contributed by atoms with Gasteiger partial charge in [0.1, 0.15) is 5.75 Å². The molecule has 0 saturated heterocycles. The monoisotopic (exact) mass is 408 g/mol. The Morgan fingerprint density at radius 2 is 2.24 bits per heavy atom. The van der Waals surface area contributed by atoms with Gasteiger partial charge in [-0.1, -0.05) is 12.7 Å². The number of aromatic nitrogens is 2. The number of nitrogens with one attached hydrogen (secondary N) is 2. The first kappa shape index (κ1) is 19.7. The van der Waals surface area contributed by atoms with Crippen LogP contribution in [0.2, 0.25) is 0 Å². The number of hydrogen-bond donors (Lipinski definition) is 2. The maximum atomic E-state index is 12.1. The number of ether oxygens (including phenoxy) is 1. The van der Waals surface area contributed by atoms with Crippen LogP contribution in [0, 0.1) is 11.3 Å². The first-order valence-electron chi connectivity index (χ1n) is 9.58. The molecule has 2 aromatic rings. The fraction of sp³-hybridized carbons (Fsp3) is 0.318. The Morgan fingerprint density at radius 1 is 1.45 bits per heavy atom. The van der Waals surface area contributed by atoms with Gasteiger partial charge in [-0.05, 0) is 44.0 Å². The van der Waals surface area contributed by atoms with E-state index in [1.54, 1.807) is 12.5 Å². The summed E-state index contributed by atoms with van der Waals surface area (Å²) in [6.45, 7) is 4.54. The Hall–Kier alpha value is -2.64. The van der Waals surface area contributed by atoms with Crippen molar-refractivity contribution in [3.05, 3.63) is 59.7 Å². The summed E-state index contributed by atoms with van der Waals surface area (Å²) in [4.78, 5) is 9.81. The third kappa shape index (κ3) is 3.93. The zero-order valence-electron chi connectivity index (χ0n) is 16.6. The van der Waals surface area contributed by atoms with Crippen molar-refractivity contribution in [2.45, 2.75) is 23.8 Å². The maximum absolute atomic E-state index is 12.1. The van der Waals surface area contributed by atoms with E-state index in [1.807, 2.05) is 25.2 Å². The molecule has 1 aromatic heterocycles. The van der Waals surface area contributed by atoms with Gasteiger partial charge in [-0.2, -0.15) is 0 Å². The third-order valence-electron chi connectivity index (χ3n) is 5.26. The van der Waals surface area contributed by atoms with Crippen molar-refractivity contribution < 1.29 is 8.95 Å². The second-order valence-corrected chi connectivity index (χ2v) is 8.76. The summed E-state index contributed by atoms with van der Waals surface area (Å²) < 4.78 is 18.3. The molecule has 2 atom stereocenters. The zero-order valence-corrected chi connectivity index (χ0v) is 17.4. The van der Waals surface area contributed by atoms with Crippen molar-refractivity contribution in [1.29, 1.82) is 5.41 Å². The van der Waals surface area contributed by atoms with Gasteiger partial charge in [0.15, 0.2) is 5.82 Å². The highest BCUT2D eigenvalue weighted by Gasteiger charge is 2.29. The van der Waals surface area contributed by atoms with Crippen molar-refractivity contribution in [3.63, 3.8) is 0 Å². The minimum Gasteiger partial charge on any atom is -0.493 e. The quantitative estimate of drug-likeness (QED) is 0.654. The molecule has 2 aliphatic carbocycles. The van der Waals surface area contributed by atoms with Crippen LogP contribution < -0.4 is 10.1 Å². The molecule has 0 amide bonds. The van der Waals surface area contributed by atoms with E-state index in [9.17, 15) is 4.21 Å². The summed E-state index contributed by atoms with van der Waals surface area (Å²) in [6.07, 6.45) is 9.12. The molecule has 1 heterocycles. The first-order chi connectivity index (χ1) is 14.0. The Bertz CT molecular complexity index is 1040. The summed E-state index contributed by atoms with van der Waals surface area (Å²) >= 11 is 0. The molecule has 2 unspecified atom stereocenters. The van der Waals surface area contributed by atoms with Crippen LogP contribution in [0.15, 0.2) is 41.9 Å². The van der Waals surface area contributed by atoms with Gasteiger partial charge < -0.3 is 15.5 Å². The van der Waals surface area contributed by atoms with Crippen molar-refractivity contribution in [1.82, 2.24) is 15.3 Å².